The standard InChI is InChI=1S/C24H27N3O4/c1-4-17(2)25-22(28)16-31-24(29)20-15-27(14-18-10-6-5-7-11-18)26-23(20)19-12-8-9-13-21(19)30-3/h5-13,15,17H,4,14,16H2,1-3H3,(H,25,28)/t17-/m0/s1. The number of hydrogen-bond donors (Lipinski definition) is 1. The Labute approximate surface area is 182 Å². The molecule has 7 heteroatoms. The molecule has 162 valence electrons. The van der Waals surface area contributed by atoms with Gasteiger partial charge in [0.2, 0.25) is 0 Å². The first kappa shape index (κ1) is 22.1. The van der Waals surface area contributed by atoms with Crippen LogP contribution in [0.15, 0.2) is 60.8 Å². The lowest BCUT2D eigenvalue weighted by atomic mass is 10.1. The number of aromatic nitrogens is 2. The topological polar surface area (TPSA) is 82.5 Å². The number of rotatable bonds is 9. The molecule has 0 aliphatic rings. The van der Waals surface area contributed by atoms with E-state index in [1.807, 2.05) is 62.4 Å². The van der Waals surface area contributed by atoms with Gasteiger partial charge in [-0.2, -0.15) is 5.10 Å². The molecule has 0 aliphatic carbocycles. The van der Waals surface area contributed by atoms with Crippen LogP contribution in [-0.2, 0) is 16.1 Å². The van der Waals surface area contributed by atoms with Gasteiger partial charge in [0.05, 0.1) is 13.7 Å². The maximum absolute atomic E-state index is 12.9. The van der Waals surface area contributed by atoms with E-state index in [0.29, 0.717) is 23.6 Å². The minimum atomic E-state index is -0.612. The number of hydrogen-bond acceptors (Lipinski definition) is 5. The van der Waals surface area contributed by atoms with Gasteiger partial charge in [-0.15, -0.1) is 0 Å². The predicted octanol–water partition coefficient (Wildman–Crippen LogP) is 3.68. The molecule has 0 saturated carbocycles. The number of methoxy groups -OCH3 is 1. The van der Waals surface area contributed by atoms with Crippen molar-refractivity contribution in [2.75, 3.05) is 13.7 Å². The van der Waals surface area contributed by atoms with Gasteiger partial charge in [0, 0.05) is 17.8 Å². The first-order valence-corrected chi connectivity index (χ1v) is 10.2. The predicted molar refractivity (Wildman–Crippen MR) is 118 cm³/mol. The average molecular weight is 421 g/mol. The van der Waals surface area contributed by atoms with Crippen LogP contribution >= 0.6 is 0 Å². The van der Waals surface area contributed by atoms with Crippen molar-refractivity contribution in [1.29, 1.82) is 0 Å². The largest absolute Gasteiger partial charge is 0.496 e. The Bertz CT molecular complexity index is 1030. The second-order valence-electron chi connectivity index (χ2n) is 7.23. The molecule has 31 heavy (non-hydrogen) atoms. The van der Waals surface area contributed by atoms with E-state index in [4.69, 9.17) is 9.47 Å². The number of amides is 1. The molecule has 2 aromatic carbocycles. The minimum Gasteiger partial charge on any atom is -0.496 e. The molecule has 1 amide bonds. The first-order valence-electron chi connectivity index (χ1n) is 10.2. The summed E-state index contributed by atoms with van der Waals surface area (Å²) in [5.74, 6) is -0.353. The van der Waals surface area contributed by atoms with Gasteiger partial charge in [-0.1, -0.05) is 49.4 Å². The van der Waals surface area contributed by atoms with Crippen molar-refractivity contribution in [1.82, 2.24) is 15.1 Å². The monoisotopic (exact) mass is 421 g/mol. The van der Waals surface area contributed by atoms with Gasteiger partial charge in [-0.25, -0.2) is 4.79 Å². The van der Waals surface area contributed by atoms with E-state index in [-0.39, 0.29) is 24.1 Å². The van der Waals surface area contributed by atoms with Crippen molar-refractivity contribution in [3.8, 4) is 17.0 Å². The van der Waals surface area contributed by atoms with Gasteiger partial charge >= 0.3 is 5.97 Å². The molecule has 1 atom stereocenters. The summed E-state index contributed by atoms with van der Waals surface area (Å²) in [4.78, 5) is 24.9. The SMILES string of the molecule is CC[C@H](C)NC(=O)COC(=O)c1cn(Cc2ccccc2)nc1-c1ccccc1OC. The van der Waals surface area contributed by atoms with Crippen molar-refractivity contribution in [2.45, 2.75) is 32.9 Å². The number of carbonyl (C=O) groups excluding carboxylic acids is 2. The van der Waals surface area contributed by atoms with Crippen molar-refractivity contribution < 1.29 is 19.1 Å². The highest BCUT2D eigenvalue weighted by Gasteiger charge is 2.22. The molecular formula is C24H27N3O4. The highest BCUT2D eigenvalue weighted by Crippen LogP contribution is 2.31. The van der Waals surface area contributed by atoms with Crippen LogP contribution in [0.3, 0.4) is 0 Å². The van der Waals surface area contributed by atoms with Gasteiger partial charge in [-0.05, 0) is 31.0 Å². The van der Waals surface area contributed by atoms with Crippen molar-refractivity contribution in [3.05, 3.63) is 71.9 Å². The lowest BCUT2D eigenvalue weighted by Crippen LogP contribution is -2.35. The molecule has 0 saturated heterocycles. The number of nitrogens with zero attached hydrogens (tertiary/aromatic N) is 2. The van der Waals surface area contributed by atoms with E-state index < -0.39 is 5.97 Å². The van der Waals surface area contributed by atoms with Gasteiger partial charge in [-0.3, -0.25) is 9.48 Å². The Morgan fingerprint density at radius 3 is 2.52 bits per heavy atom. The number of benzene rings is 2. The Morgan fingerprint density at radius 2 is 1.81 bits per heavy atom. The molecule has 0 spiro atoms. The van der Waals surface area contributed by atoms with E-state index in [2.05, 4.69) is 10.4 Å². The Morgan fingerprint density at radius 1 is 1.10 bits per heavy atom. The number of nitrogens with one attached hydrogen (secondary N) is 1. The van der Waals surface area contributed by atoms with Gasteiger partial charge < -0.3 is 14.8 Å². The molecule has 1 heterocycles. The van der Waals surface area contributed by atoms with Crippen LogP contribution < -0.4 is 10.1 Å². The molecule has 0 fully saturated rings. The molecule has 1 N–H and O–H groups in total. The van der Waals surface area contributed by atoms with Crippen LogP contribution in [-0.4, -0.2) is 41.4 Å². The lowest BCUT2D eigenvalue weighted by molar-refractivity contribution is -0.124. The van der Waals surface area contributed by atoms with Crippen LogP contribution in [0.1, 0.15) is 36.2 Å². The third-order valence-corrected chi connectivity index (χ3v) is 4.89. The molecule has 0 bridgehead atoms. The normalized spacial score (nSPS) is 11.6. The number of esters is 1. The maximum atomic E-state index is 12.9. The summed E-state index contributed by atoms with van der Waals surface area (Å²) in [5, 5.41) is 7.41. The Kier molecular flexibility index (Phi) is 7.43. The van der Waals surface area contributed by atoms with Gasteiger partial charge in [0.15, 0.2) is 6.61 Å². The van der Waals surface area contributed by atoms with E-state index >= 15 is 0 Å². The number of para-hydroxylation sites is 1. The third kappa shape index (κ3) is 5.72. The lowest BCUT2D eigenvalue weighted by Gasteiger charge is -2.11. The third-order valence-electron chi connectivity index (χ3n) is 4.89. The van der Waals surface area contributed by atoms with Crippen molar-refractivity contribution in [2.24, 2.45) is 0 Å². The summed E-state index contributed by atoms with van der Waals surface area (Å²) in [5.41, 5.74) is 2.44. The quantitative estimate of drug-likeness (QED) is 0.533. The molecule has 0 radical (unpaired) electrons. The fraction of sp³-hybridized carbons (Fsp3) is 0.292. The Balaban J connectivity index is 1.88. The summed E-state index contributed by atoms with van der Waals surface area (Å²) in [6, 6.07) is 17.2. The van der Waals surface area contributed by atoms with Crippen LogP contribution in [0.4, 0.5) is 0 Å². The van der Waals surface area contributed by atoms with E-state index in [1.54, 1.807) is 24.1 Å². The van der Waals surface area contributed by atoms with Gasteiger partial charge in [0.1, 0.15) is 17.0 Å². The van der Waals surface area contributed by atoms with Crippen LogP contribution in [0.2, 0.25) is 0 Å². The smallest absolute Gasteiger partial charge is 0.342 e. The molecule has 3 aromatic rings. The first-order chi connectivity index (χ1) is 15.0. The fourth-order valence-electron chi connectivity index (χ4n) is 3.09. The summed E-state index contributed by atoms with van der Waals surface area (Å²) in [6.45, 7) is 4.01. The summed E-state index contributed by atoms with van der Waals surface area (Å²) in [6.07, 6.45) is 2.44. The fourth-order valence-corrected chi connectivity index (χ4v) is 3.09. The summed E-state index contributed by atoms with van der Waals surface area (Å²) < 4.78 is 12.4. The van der Waals surface area contributed by atoms with E-state index in [1.165, 1.54) is 0 Å². The molecular weight excluding hydrogens is 394 g/mol. The summed E-state index contributed by atoms with van der Waals surface area (Å²) >= 11 is 0. The number of ether oxygens (including phenoxy) is 2. The van der Waals surface area contributed by atoms with Crippen LogP contribution in [0, 0.1) is 0 Å². The summed E-state index contributed by atoms with van der Waals surface area (Å²) in [7, 11) is 1.57. The highest BCUT2D eigenvalue weighted by atomic mass is 16.5. The zero-order valence-corrected chi connectivity index (χ0v) is 18.0. The Hall–Kier alpha value is -3.61. The van der Waals surface area contributed by atoms with Gasteiger partial charge in [0.25, 0.3) is 5.91 Å². The maximum Gasteiger partial charge on any atom is 0.342 e. The zero-order chi connectivity index (χ0) is 22.2. The highest BCUT2D eigenvalue weighted by molar-refractivity contribution is 5.97. The van der Waals surface area contributed by atoms with E-state index in [0.717, 1.165) is 12.0 Å². The minimum absolute atomic E-state index is 0.0176. The van der Waals surface area contributed by atoms with Crippen molar-refractivity contribution >= 4 is 11.9 Å². The molecule has 1 aromatic heterocycles. The number of carbonyl (C=O) groups is 2. The molecule has 3 rings (SSSR count). The van der Waals surface area contributed by atoms with Crippen LogP contribution in [0.5, 0.6) is 5.75 Å². The van der Waals surface area contributed by atoms with Crippen LogP contribution in [0.25, 0.3) is 11.3 Å². The zero-order valence-electron chi connectivity index (χ0n) is 18.0. The second-order valence-corrected chi connectivity index (χ2v) is 7.23. The molecule has 0 unspecified atom stereocenters. The molecule has 7 nitrogen and oxygen atoms in total. The van der Waals surface area contributed by atoms with Crippen molar-refractivity contribution in [3.63, 3.8) is 0 Å². The molecule has 0 aliphatic heterocycles. The average Bonchev–Trinajstić information content (AvgIpc) is 3.21. The van der Waals surface area contributed by atoms with E-state index in [9.17, 15) is 9.59 Å². The second kappa shape index (κ2) is 10.4.